The van der Waals surface area contributed by atoms with Crippen LogP contribution in [0.2, 0.25) is 0 Å². The Morgan fingerprint density at radius 3 is 2.42 bits per heavy atom. The van der Waals surface area contributed by atoms with Gasteiger partial charge in [0.05, 0.1) is 22.8 Å². The van der Waals surface area contributed by atoms with Crippen LogP contribution in [0.15, 0.2) is 46.1 Å². The van der Waals surface area contributed by atoms with E-state index in [-0.39, 0.29) is 16.0 Å². The normalized spacial score (nSPS) is 20.0. The first kappa shape index (κ1) is 18.4. The molecule has 4 nitrogen and oxygen atoms in total. The highest BCUT2D eigenvalue weighted by Gasteiger charge is 2.39. The minimum absolute atomic E-state index is 0.106. The molecule has 1 heterocycles. The van der Waals surface area contributed by atoms with Gasteiger partial charge in [0, 0.05) is 5.70 Å². The molecule has 1 aromatic rings. The van der Waals surface area contributed by atoms with E-state index in [0.29, 0.717) is 11.4 Å². The van der Waals surface area contributed by atoms with Gasteiger partial charge < -0.3 is 15.0 Å². The second kappa shape index (κ2) is 6.52. The van der Waals surface area contributed by atoms with Crippen LogP contribution in [-0.2, 0) is 22.1 Å². The van der Waals surface area contributed by atoms with E-state index >= 15 is 0 Å². The van der Waals surface area contributed by atoms with E-state index in [1.54, 1.807) is 6.92 Å². The smallest absolute Gasteiger partial charge is 0.416 e. The summed E-state index contributed by atoms with van der Waals surface area (Å²) >= 11 is -1.55. The highest BCUT2D eigenvalue weighted by atomic mass is 32.2. The molecule has 0 bridgehead atoms. The number of alkyl halides is 3. The molecule has 8 heteroatoms. The van der Waals surface area contributed by atoms with Crippen LogP contribution in [0.3, 0.4) is 0 Å². The Bertz CT molecular complexity index is 738. The molecule has 2 unspecified atom stereocenters. The standard InChI is InChI=1S/C16H16F3NO3S/c1-8-12(15(21)22)13(14(24(3)23)9(2)20-8)10-5-4-6-11(7-10)16(17,18)19/h4-7,13,20H,1-3H3,(H,21,22). The quantitative estimate of drug-likeness (QED) is 0.812. The van der Waals surface area contributed by atoms with Gasteiger partial charge in [-0.2, -0.15) is 13.2 Å². The number of hydrogen-bond acceptors (Lipinski definition) is 3. The van der Waals surface area contributed by atoms with Gasteiger partial charge >= 0.3 is 12.1 Å². The monoisotopic (exact) mass is 359 g/mol. The summed E-state index contributed by atoms with van der Waals surface area (Å²) in [6.07, 6.45) is -3.17. The minimum atomic E-state index is -4.55. The first-order valence-electron chi connectivity index (χ1n) is 6.96. The highest BCUT2D eigenvalue weighted by molar-refractivity contribution is 7.94. The minimum Gasteiger partial charge on any atom is -0.612 e. The molecule has 0 radical (unpaired) electrons. The Balaban J connectivity index is 2.69. The van der Waals surface area contributed by atoms with Crippen LogP contribution in [0.1, 0.15) is 30.9 Å². The van der Waals surface area contributed by atoms with Gasteiger partial charge in [-0.1, -0.05) is 18.2 Å². The third kappa shape index (κ3) is 3.44. The third-order valence-corrected chi connectivity index (χ3v) is 4.95. The molecular formula is C16H16F3NO3S. The number of halogens is 3. The van der Waals surface area contributed by atoms with Gasteiger partial charge in [-0.15, -0.1) is 0 Å². The zero-order valence-corrected chi connectivity index (χ0v) is 14.0. The van der Waals surface area contributed by atoms with Crippen LogP contribution in [0.5, 0.6) is 0 Å². The largest absolute Gasteiger partial charge is 0.612 e. The number of benzene rings is 1. The van der Waals surface area contributed by atoms with Gasteiger partial charge in [0.25, 0.3) is 0 Å². The van der Waals surface area contributed by atoms with Crippen molar-refractivity contribution in [2.24, 2.45) is 0 Å². The number of dihydropyridines is 1. The molecule has 130 valence electrons. The number of hydrogen-bond donors (Lipinski definition) is 2. The number of allylic oxidation sites excluding steroid dienone is 3. The average molecular weight is 359 g/mol. The Labute approximate surface area is 140 Å². The number of carboxylic acids is 1. The molecule has 1 aliphatic heterocycles. The Morgan fingerprint density at radius 2 is 1.92 bits per heavy atom. The SMILES string of the molecule is CC1=C(C(=O)O)C(c2cccc(C(F)(F)F)c2)C([S+](C)[O-])=C(C)N1. The molecule has 0 saturated carbocycles. The van der Waals surface area contributed by atoms with Crippen molar-refractivity contribution in [3.63, 3.8) is 0 Å². The van der Waals surface area contributed by atoms with E-state index in [4.69, 9.17) is 0 Å². The van der Waals surface area contributed by atoms with Crippen molar-refractivity contribution in [3.05, 3.63) is 57.3 Å². The van der Waals surface area contributed by atoms with Crippen LogP contribution in [-0.4, -0.2) is 21.9 Å². The molecule has 0 aliphatic carbocycles. The van der Waals surface area contributed by atoms with Crippen molar-refractivity contribution in [2.75, 3.05) is 6.26 Å². The van der Waals surface area contributed by atoms with E-state index in [9.17, 15) is 27.6 Å². The summed E-state index contributed by atoms with van der Waals surface area (Å²) in [6.45, 7) is 3.16. The number of nitrogens with one attached hydrogen (secondary N) is 1. The van der Waals surface area contributed by atoms with Gasteiger partial charge in [0.1, 0.15) is 6.26 Å². The second-order valence-electron chi connectivity index (χ2n) is 5.47. The second-order valence-corrected chi connectivity index (χ2v) is 6.82. The van der Waals surface area contributed by atoms with Crippen molar-refractivity contribution in [1.29, 1.82) is 0 Å². The van der Waals surface area contributed by atoms with Gasteiger partial charge in [-0.05, 0) is 36.7 Å². The Hall–Kier alpha value is -1.93. The summed E-state index contributed by atoms with van der Waals surface area (Å²) in [5.41, 5.74) is -0.0325. The average Bonchev–Trinajstić information content (AvgIpc) is 2.44. The summed E-state index contributed by atoms with van der Waals surface area (Å²) in [4.78, 5) is 11.9. The Kier molecular flexibility index (Phi) is 5.00. The van der Waals surface area contributed by atoms with E-state index in [0.717, 1.165) is 12.1 Å². The highest BCUT2D eigenvalue weighted by Crippen LogP contribution is 2.41. The molecule has 2 N–H and O–H groups in total. The molecule has 1 aromatic carbocycles. The fourth-order valence-electron chi connectivity index (χ4n) is 2.85. The lowest BCUT2D eigenvalue weighted by molar-refractivity contribution is -0.137. The lowest BCUT2D eigenvalue weighted by Gasteiger charge is -2.30. The molecule has 0 aromatic heterocycles. The van der Waals surface area contributed by atoms with Crippen molar-refractivity contribution in [3.8, 4) is 0 Å². The summed E-state index contributed by atoms with van der Waals surface area (Å²) < 4.78 is 51.1. The molecule has 24 heavy (non-hydrogen) atoms. The maximum atomic E-state index is 13.0. The van der Waals surface area contributed by atoms with Crippen molar-refractivity contribution in [2.45, 2.75) is 25.9 Å². The molecule has 1 aliphatic rings. The fraction of sp³-hybridized carbons (Fsp3) is 0.312. The number of rotatable bonds is 3. The van der Waals surface area contributed by atoms with Crippen molar-refractivity contribution in [1.82, 2.24) is 5.32 Å². The summed E-state index contributed by atoms with van der Waals surface area (Å²) in [5.74, 6) is -2.27. The predicted molar refractivity (Wildman–Crippen MR) is 84.4 cm³/mol. The van der Waals surface area contributed by atoms with Crippen molar-refractivity contribution < 1.29 is 27.6 Å². The van der Waals surface area contributed by atoms with Crippen LogP contribution >= 0.6 is 0 Å². The molecule has 2 atom stereocenters. The fourth-order valence-corrected chi connectivity index (χ4v) is 3.92. The van der Waals surface area contributed by atoms with Crippen LogP contribution in [0, 0.1) is 0 Å². The zero-order valence-electron chi connectivity index (χ0n) is 13.2. The molecular weight excluding hydrogens is 343 g/mol. The van der Waals surface area contributed by atoms with E-state index in [1.807, 2.05) is 0 Å². The maximum Gasteiger partial charge on any atom is 0.416 e. The maximum absolute atomic E-state index is 13.0. The third-order valence-electron chi connectivity index (χ3n) is 3.79. The first-order valence-corrected chi connectivity index (χ1v) is 8.52. The van der Waals surface area contributed by atoms with Gasteiger partial charge in [-0.25, -0.2) is 4.79 Å². The summed E-state index contributed by atoms with van der Waals surface area (Å²) in [7, 11) is 0. The van der Waals surface area contributed by atoms with Gasteiger partial charge in [-0.3, -0.25) is 0 Å². The van der Waals surface area contributed by atoms with Gasteiger partial charge in [0.2, 0.25) is 0 Å². The van der Waals surface area contributed by atoms with Crippen LogP contribution in [0.4, 0.5) is 13.2 Å². The molecule has 2 rings (SSSR count). The van der Waals surface area contributed by atoms with Crippen molar-refractivity contribution >= 4 is 17.1 Å². The summed E-state index contributed by atoms with van der Waals surface area (Å²) in [5, 5.41) is 12.4. The number of carbonyl (C=O) groups is 1. The topological polar surface area (TPSA) is 72.4 Å². The predicted octanol–water partition coefficient (Wildman–Crippen LogP) is 3.36. The van der Waals surface area contributed by atoms with Crippen LogP contribution in [0.25, 0.3) is 0 Å². The molecule has 0 amide bonds. The number of carboxylic acid groups (broad SMARTS) is 1. The molecule has 0 spiro atoms. The first-order chi connectivity index (χ1) is 11.0. The number of aliphatic carboxylic acids is 1. The zero-order chi connectivity index (χ0) is 18.2. The van der Waals surface area contributed by atoms with E-state index < -0.39 is 34.8 Å². The van der Waals surface area contributed by atoms with Crippen LogP contribution < -0.4 is 5.32 Å². The lowest BCUT2D eigenvalue weighted by atomic mass is 9.86. The van der Waals surface area contributed by atoms with E-state index in [2.05, 4.69) is 5.32 Å². The summed E-state index contributed by atoms with van der Waals surface area (Å²) in [6, 6.07) is 4.47. The Morgan fingerprint density at radius 1 is 1.29 bits per heavy atom. The lowest BCUT2D eigenvalue weighted by Crippen LogP contribution is -2.31. The molecule has 0 fully saturated rings. The van der Waals surface area contributed by atoms with E-state index in [1.165, 1.54) is 25.3 Å². The molecule has 0 saturated heterocycles. The van der Waals surface area contributed by atoms with Gasteiger partial charge in [0.15, 0.2) is 4.91 Å².